The lowest BCUT2D eigenvalue weighted by Gasteiger charge is -2.21. The molecule has 0 spiro atoms. The molecule has 2 N–H and O–H groups in total. The molecule has 28 heavy (non-hydrogen) atoms. The van der Waals surface area contributed by atoms with Crippen LogP contribution in [0.3, 0.4) is 0 Å². The number of anilines is 1. The minimum atomic E-state index is -0.708. The summed E-state index contributed by atoms with van der Waals surface area (Å²) in [5.74, 6) is -0.794. The van der Waals surface area contributed by atoms with E-state index < -0.39 is 6.04 Å². The molecule has 0 aliphatic carbocycles. The number of thiazole rings is 1. The van der Waals surface area contributed by atoms with Crippen molar-refractivity contribution in [3.8, 4) is 10.6 Å². The second-order valence-electron chi connectivity index (χ2n) is 6.61. The monoisotopic (exact) mass is 433 g/mol. The fraction of sp³-hybridized carbons (Fsp3) is 0.250. The van der Waals surface area contributed by atoms with Gasteiger partial charge < -0.3 is 10.6 Å². The van der Waals surface area contributed by atoms with Gasteiger partial charge in [0.1, 0.15) is 6.04 Å². The molecule has 0 aliphatic heterocycles. The Morgan fingerprint density at radius 1 is 1.14 bits per heavy atom. The Labute approximate surface area is 176 Å². The predicted octanol–water partition coefficient (Wildman–Crippen LogP) is 5.23. The van der Waals surface area contributed by atoms with Crippen molar-refractivity contribution in [2.24, 2.45) is 5.92 Å². The molecule has 0 aliphatic rings. The Morgan fingerprint density at radius 2 is 1.89 bits per heavy atom. The van der Waals surface area contributed by atoms with Gasteiger partial charge in [0.15, 0.2) is 5.13 Å². The maximum Gasteiger partial charge on any atom is 0.253 e. The number of aromatic nitrogens is 1. The standard InChI is InChI=1S/C20H20ClN3O2S2/c1-11(2)17(23-18(25)13-6-4-5-7-14(13)21)19(26)24-20-22-15(10-27-20)16-9-8-12(3)28-16/h4-11,17H,1-3H3,(H,23,25)(H,22,24,26). The van der Waals surface area contributed by atoms with Crippen molar-refractivity contribution >= 4 is 51.2 Å². The maximum atomic E-state index is 12.8. The molecule has 3 rings (SSSR count). The van der Waals surface area contributed by atoms with E-state index in [-0.39, 0.29) is 17.7 Å². The number of amides is 2. The molecule has 1 aromatic carbocycles. The lowest BCUT2D eigenvalue weighted by molar-refractivity contribution is -0.118. The summed E-state index contributed by atoms with van der Waals surface area (Å²) < 4.78 is 0. The molecular weight excluding hydrogens is 414 g/mol. The average molecular weight is 434 g/mol. The highest BCUT2D eigenvalue weighted by Gasteiger charge is 2.26. The van der Waals surface area contributed by atoms with Gasteiger partial charge in [0.25, 0.3) is 5.91 Å². The average Bonchev–Trinajstić information content (AvgIpc) is 3.28. The van der Waals surface area contributed by atoms with Crippen molar-refractivity contribution < 1.29 is 9.59 Å². The molecule has 2 aromatic heterocycles. The fourth-order valence-corrected chi connectivity index (χ4v) is 4.44. The Morgan fingerprint density at radius 3 is 2.54 bits per heavy atom. The van der Waals surface area contributed by atoms with Crippen LogP contribution in [0.2, 0.25) is 5.02 Å². The van der Waals surface area contributed by atoms with Crippen LogP contribution in [0.4, 0.5) is 5.13 Å². The number of hydrogen-bond acceptors (Lipinski definition) is 5. The number of nitrogens with one attached hydrogen (secondary N) is 2. The van der Waals surface area contributed by atoms with Gasteiger partial charge in [0, 0.05) is 10.3 Å². The van der Waals surface area contributed by atoms with Gasteiger partial charge in [-0.1, -0.05) is 37.6 Å². The molecule has 1 atom stereocenters. The van der Waals surface area contributed by atoms with E-state index in [9.17, 15) is 9.59 Å². The van der Waals surface area contributed by atoms with Gasteiger partial charge in [-0.2, -0.15) is 0 Å². The van der Waals surface area contributed by atoms with E-state index in [0.29, 0.717) is 15.7 Å². The molecule has 0 bridgehead atoms. The summed E-state index contributed by atoms with van der Waals surface area (Å²) in [5, 5.41) is 8.36. The number of carbonyl (C=O) groups excluding carboxylic acids is 2. The molecule has 5 nitrogen and oxygen atoms in total. The molecule has 0 saturated heterocycles. The van der Waals surface area contributed by atoms with Gasteiger partial charge in [-0.3, -0.25) is 9.59 Å². The summed E-state index contributed by atoms with van der Waals surface area (Å²) in [6.07, 6.45) is 0. The molecule has 2 amide bonds. The summed E-state index contributed by atoms with van der Waals surface area (Å²) in [7, 11) is 0. The third kappa shape index (κ3) is 4.79. The molecule has 1 unspecified atom stereocenters. The largest absolute Gasteiger partial charge is 0.340 e. The summed E-state index contributed by atoms with van der Waals surface area (Å²) >= 11 is 9.10. The quantitative estimate of drug-likeness (QED) is 0.559. The van der Waals surface area contributed by atoms with Crippen LogP contribution in [-0.4, -0.2) is 22.8 Å². The number of aryl methyl sites for hydroxylation is 1. The van der Waals surface area contributed by atoms with E-state index in [1.165, 1.54) is 16.2 Å². The minimum Gasteiger partial charge on any atom is -0.340 e. The van der Waals surface area contributed by atoms with Gasteiger partial charge in [-0.15, -0.1) is 22.7 Å². The van der Waals surface area contributed by atoms with E-state index in [1.54, 1.807) is 35.6 Å². The van der Waals surface area contributed by atoms with Gasteiger partial charge in [-0.05, 0) is 37.1 Å². The molecule has 0 fully saturated rings. The van der Waals surface area contributed by atoms with Gasteiger partial charge in [0.2, 0.25) is 5.91 Å². The first-order chi connectivity index (χ1) is 13.3. The second kappa shape index (κ2) is 8.86. The number of thiophene rings is 1. The van der Waals surface area contributed by atoms with Crippen LogP contribution in [0, 0.1) is 12.8 Å². The topological polar surface area (TPSA) is 71.1 Å². The molecule has 2 heterocycles. The second-order valence-corrected chi connectivity index (χ2v) is 9.17. The van der Waals surface area contributed by atoms with Crippen LogP contribution in [0.25, 0.3) is 10.6 Å². The highest BCUT2D eigenvalue weighted by atomic mass is 35.5. The van der Waals surface area contributed by atoms with Crippen molar-refractivity contribution in [2.45, 2.75) is 26.8 Å². The van der Waals surface area contributed by atoms with Crippen LogP contribution in [-0.2, 0) is 4.79 Å². The Hall–Kier alpha value is -2.22. The fourth-order valence-electron chi connectivity index (χ4n) is 2.60. The molecule has 8 heteroatoms. The Balaban J connectivity index is 1.71. The highest BCUT2D eigenvalue weighted by molar-refractivity contribution is 7.17. The van der Waals surface area contributed by atoms with Gasteiger partial charge in [-0.25, -0.2) is 4.98 Å². The number of rotatable bonds is 6. The summed E-state index contributed by atoms with van der Waals surface area (Å²) in [6, 6.07) is 10.1. The number of halogens is 1. The smallest absolute Gasteiger partial charge is 0.253 e. The Bertz CT molecular complexity index is 997. The summed E-state index contributed by atoms with van der Waals surface area (Å²) in [6.45, 7) is 5.79. The van der Waals surface area contributed by atoms with Crippen molar-refractivity contribution in [1.29, 1.82) is 0 Å². The first-order valence-corrected chi connectivity index (χ1v) is 10.8. The van der Waals surface area contributed by atoms with Crippen molar-refractivity contribution in [3.05, 3.63) is 57.2 Å². The number of carbonyl (C=O) groups is 2. The van der Waals surface area contributed by atoms with Gasteiger partial charge in [0.05, 0.1) is 21.2 Å². The Kier molecular flexibility index (Phi) is 6.49. The zero-order chi connectivity index (χ0) is 20.3. The van der Waals surface area contributed by atoms with Gasteiger partial charge >= 0.3 is 0 Å². The normalized spacial score (nSPS) is 12.0. The third-order valence-electron chi connectivity index (χ3n) is 4.08. The lowest BCUT2D eigenvalue weighted by atomic mass is 10.0. The van der Waals surface area contributed by atoms with E-state index in [4.69, 9.17) is 11.6 Å². The first kappa shape index (κ1) is 20.5. The first-order valence-electron chi connectivity index (χ1n) is 8.73. The summed E-state index contributed by atoms with van der Waals surface area (Å²) in [5.41, 5.74) is 1.17. The maximum absolute atomic E-state index is 12.8. The SMILES string of the molecule is Cc1ccc(-c2csc(NC(=O)C(NC(=O)c3ccccc3Cl)C(C)C)n2)s1. The lowest BCUT2D eigenvalue weighted by Crippen LogP contribution is -2.47. The molecule has 0 saturated carbocycles. The van der Waals surface area contributed by atoms with Crippen LogP contribution in [0.15, 0.2) is 41.8 Å². The van der Waals surface area contributed by atoms with Crippen molar-refractivity contribution in [1.82, 2.24) is 10.3 Å². The van der Waals surface area contributed by atoms with Crippen LogP contribution in [0.1, 0.15) is 29.1 Å². The van der Waals surface area contributed by atoms with Crippen LogP contribution in [0.5, 0.6) is 0 Å². The highest BCUT2D eigenvalue weighted by Crippen LogP contribution is 2.30. The van der Waals surface area contributed by atoms with Crippen LogP contribution < -0.4 is 10.6 Å². The molecular formula is C20H20ClN3O2S2. The third-order valence-corrected chi connectivity index (χ3v) is 6.19. The van der Waals surface area contributed by atoms with Crippen molar-refractivity contribution in [3.63, 3.8) is 0 Å². The predicted molar refractivity (Wildman–Crippen MR) is 116 cm³/mol. The number of hydrogen-bond donors (Lipinski definition) is 2. The summed E-state index contributed by atoms with van der Waals surface area (Å²) in [4.78, 5) is 32.1. The molecule has 0 radical (unpaired) electrons. The minimum absolute atomic E-state index is 0.106. The van der Waals surface area contributed by atoms with Crippen molar-refractivity contribution in [2.75, 3.05) is 5.32 Å². The van der Waals surface area contributed by atoms with E-state index in [1.807, 2.05) is 38.3 Å². The molecule has 146 valence electrons. The molecule has 3 aromatic rings. The zero-order valence-electron chi connectivity index (χ0n) is 15.7. The van der Waals surface area contributed by atoms with E-state index >= 15 is 0 Å². The number of benzene rings is 1. The zero-order valence-corrected chi connectivity index (χ0v) is 18.0. The van der Waals surface area contributed by atoms with E-state index in [0.717, 1.165) is 10.6 Å². The number of nitrogens with zero attached hydrogens (tertiary/aromatic N) is 1. The van der Waals surface area contributed by atoms with E-state index in [2.05, 4.69) is 15.6 Å². The van der Waals surface area contributed by atoms with Crippen LogP contribution >= 0.6 is 34.3 Å².